The molecule has 28 heavy (non-hydrogen) atoms. The Balaban J connectivity index is 0.00000729. The highest BCUT2D eigenvalue weighted by Crippen LogP contribution is 2.18. The van der Waals surface area contributed by atoms with E-state index in [1.807, 2.05) is 12.1 Å². The molecule has 0 spiro atoms. The van der Waals surface area contributed by atoms with Gasteiger partial charge in [-0.05, 0) is 18.6 Å². The van der Waals surface area contributed by atoms with Gasteiger partial charge in [0.1, 0.15) is 5.75 Å². The number of diazo groups is 1. The van der Waals surface area contributed by atoms with Crippen LogP contribution in [0.15, 0.2) is 24.3 Å². The van der Waals surface area contributed by atoms with E-state index >= 15 is 0 Å². The van der Waals surface area contributed by atoms with Crippen molar-refractivity contribution in [3.05, 3.63) is 29.2 Å². The third-order valence-corrected chi connectivity index (χ3v) is 5.22. The zero-order chi connectivity index (χ0) is 19.4. The Labute approximate surface area is 179 Å². The van der Waals surface area contributed by atoms with Gasteiger partial charge in [-0.1, -0.05) is 103 Å². The van der Waals surface area contributed by atoms with Crippen molar-refractivity contribution in [2.45, 2.75) is 110 Å². The summed E-state index contributed by atoms with van der Waals surface area (Å²) in [7, 11) is 0. The van der Waals surface area contributed by atoms with Gasteiger partial charge in [0.05, 0.1) is 6.61 Å². The van der Waals surface area contributed by atoms with E-state index in [1.165, 1.54) is 96.3 Å². The lowest BCUT2D eigenvalue weighted by atomic mass is 10.0. The van der Waals surface area contributed by atoms with Gasteiger partial charge in [0.25, 0.3) is 0 Å². The molecular weight excluding hydrogens is 368 g/mol. The summed E-state index contributed by atoms with van der Waals surface area (Å²) in [4.78, 5) is 3.14. The normalized spacial score (nSPS) is 10.3. The Kier molecular flexibility index (Phi) is 19.5. The number of unbranched alkanes of at least 4 members (excludes halogenated alkanes) is 15. The topological polar surface area (TPSA) is 37.4 Å². The van der Waals surface area contributed by atoms with Gasteiger partial charge in [-0.2, -0.15) is 0 Å². The molecule has 0 aliphatic heterocycles. The number of rotatable bonds is 18. The molecule has 0 amide bonds. The molecular formula is C24H41ClN2O. The Morgan fingerprint density at radius 2 is 1.04 bits per heavy atom. The minimum atomic E-state index is 0. The molecule has 1 aromatic rings. The second-order valence-corrected chi connectivity index (χ2v) is 7.75. The summed E-state index contributed by atoms with van der Waals surface area (Å²) in [5, 5.41) is 8.64. The molecule has 0 aliphatic carbocycles. The molecule has 0 saturated carbocycles. The second kappa shape index (κ2) is 20.5. The second-order valence-electron chi connectivity index (χ2n) is 7.75. The maximum Gasteiger partial charge on any atom is 0.385 e. The molecule has 4 heteroatoms. The van der Waals surface area contributed by atoms with Crippen LogP contribution in [0.3, 0.4) is 0 Å². The van der Waals surface area contributed by atoms with Gasteiger partial charge in [-0.3, -0.25) is 0 Å². The predicted octanol–water partition coefficient (Wildman–Crippen LogP) is 5.82. The molecule has 0 radical (unpaired) electrons. The first-order valence-corrected chi connectivity index (χ1v) is 11.4. The van der Waals surface area contributed by atoms with Gasteiger partial charge in [0, 0.05) is 12.1 Å². The smallest absolute Gasteiger partial charge is 0.385 e. The van der Waals surface area contributed by atoms with Crippen LogP contribution in [0.5, 0.6) is 5.75 Å². The monoisotopic (exact) mass is 408 g/mol. The maximum atomic E-state index is 8.64. The standard InChI is InChI=1S/C24H41N2O.ClH/c1-2-3-4-5-6-7-8-9-10-11-12-13-14-15-16-17-22-27-24-20-18-23(26-25)19-21-24;/h18-21H,2-17,22H2,1H3;1H/q+1;/p-1. The highest BCUT2D eigenvalue weighted by molar-refractivity contribution is 5.46. The Morgan fingerprint density at radius 3 is 1.43 bits per heavy atom. The fourth-order valence-corrected chi connectivity index (χ4v) is 3.45. The minimum absolute atomic E-state index is 0. The lowest BCUT2D eigenvalue weighted by Crippen LogP contribution is -3.00. The van der Waals surface area contributed by atoms with Gasteiger partial charge in [-0.25, -0.2) is 0 Å². The molecule has 1 rings (SSSR count). The Morgan fingerprint density at radius 1 is 0.643 bits per heavy atom. The molecule has 0 N–H and O–H groups in total. The lowest BCUT2D eigenvalue weighted by molar-refractivity contribution is -0.00000654. The fourth-order valence-electron chi connectivity index (χ4n) is 3.45. The maximum absolute atomic E-state index is 8.64. The third kappa shape index (κ3) is 15.8. The molecule has 0 unspecified atom stereocenters. The predicted molar refractivity (Wildman–Crippen MR) is 116 cm³/mol. The zero-order valence-electron chi connectivity index (χ0n) is 18.0. The summed E-state index contributed by atoms with van der Waals surface area (Å²) >= 11 is 0. The van der Waals surface area contributed by atoms with Crippen LogP contribution in [0, 0.1) is 5.39 Å². The van der Waals surface area contributed by atoms with E-state index < -0.39 is 0 Å². The number of halogens is 1. The number of hydrogen-bond donors (Lipinski definition) is 0. The quantitative estimate of drug-likeness (QED) is 0.227. The van der Waals surface area contributed by atoms with Crippen LogP contribution in [-0.2, 0) is 0 Å². The molecule has 0 aliphatic rings. The molecule has 0 saturated heterocycles. The SMILES string of the molecule is CCCCCCCCCCCCCCCCCCOc1ccc([N+]#N)cc1.[Cl-]. The van der Waals surface area contributed by atoms with E-state index in [9.17, 15) is 0 Å². The average Bonchev–Trinajstić information content (AvgIpc) is 2.70. The van der Waals surface area contributed by atoms with Crippen molar-refractivity contribution >= 4 is 5.69 Å². The molecule has 0 bridgehead atoms. The van der Waals surface area contributed by atoms with Crippen molar-refractivity contribution in [3.63, 3.8) is 0 Å². The average molecular weight is 409 g/mol. The summed E-state index contributed by atoms with van der Waals surface area (Å²) in [6.45, 7) is 3.06. The number of ether oxygens (including phenoxy) is 1. The van der Waals surface area contributed by atoms with Crippen LogP contribution >= 0.6 is 0 Å². The Hall–Kier alpha value is -1.27. The van der Waals surface area contributed by atoms with Crippen LogP contribution in [0.4, 0.5) is 5.69 Å². The van der Waals surface area contributed by atoms with Gasteiger partial charge in [0.15, 0.2) is 4.98 Å². The summed E-state index contributed by atoms with van der Waals surface area (Å²) in [6, 6.07) is 7.20. The summed E-state index contributed by atoms with van der Waals surface area (Å²) in [5.41, 5.74) is 0.560. The van der Waals surface area contributed by atoms with Crippen LogP contribution in [0.25, 0.3) is 4.98 Å². The van der Waals surface area contributed by atoms with Crippen LogP contribution in [0.1, 0.15) is 110 Å². The Bertz CT molecular complexity index is 484. The number of hydrogen-bond acceptors (Lipinski definition) is 2. The van der Waals surface area contributed by atoms with E-state index in [4.69, 9.17) is 10.1 Å². The van der Waals surface area contributed by atoms with Crippen LogP contribution in [-0.4, -0.2) is 6.61 Å². The minimum Gasteiger partial charge on any atom is -1.00 e. The molecule has 0 heterocycles. The van der Waals surface area contributed by atoms with Crippen LogP contribution in [0.2, 0.25) is 0 Å². The summed E-state index contributed by atoms with van der Waals surface area (Å²) in [6.07, 6.45) is 22.2. The van der Waals surface area contributed by atoms with Gasteiger partial charge in [0.2, 0.25) is 5.39 Å². The molecule has 3 nitrogen and oxygen atoms in total. The summed E-state index contributed by atoms with van der Waals surface area (Å²) in [5.74, 6) is 0.850. The summed E-state index contributed by atoms with van der Waals surface area (Å²) < 4.78 is 5.70. The van der Waals surface area contributed by atoms with E-state index in [0.29, 0.717) is 5.69 Å². The van der Waals surface area contributed by atoms with Crippen molar-refractivity contribution in [1.29, 1.82) is 5.39 Å². The van der Waals surface area contributed by atoms with E-state index in [1.54, 1.807) is 12.1 Å². The molecule has 0 aromatic heterocycles. The number of nitrogens with zero attached hydrogens (tertiary/aromatic N) is 2. The van der Waals surface area contributed by atoms with E-state index in [0.717, 1.165) is 18.8 Å². The zero-order valence-corrected chi connectivity index (χ0v) is 18.8. The first-order valence-electron chi connectivity index (χ1n) is 11.4. The van der Waals surface area contributed by atoms with Crippen LogP contribution < -0.4 is 17.1 Å². The van der Waals surface area contributed by atoms with Crippen molar-refractivity contribution < 1.29 is 17.1 Å². The van der Waals surface area contributed by atoms with Crippen molar-refractivity contribution in [2.75, 3.05) is 6.61 Å². The fraction of sp³-hybridized carbons (Fsp3) is 0.750. The first-order chi connectivity index (χ1) is 13.4. The lowest BCUT2D eigenvalue weighted by Gasteiger charge is -2.05. The molecule has 160 valence electrons. The van der Waals surface area contributed by atoms with E-state index in [-0.39, 0.29) is 12.4 Å². The van der Waals surface area contributed by atoms with E-state index in [2.05, 4.69) is 11.9 Å². The molecule has 0 fully saturated rings. The van der Waals surface area contributed by atoms with Gasteiger partial charge in [-0.15, -0.1) is 0 Å². The van der Waals surface area contributed by atoms with Crippen molar-refractivity contribution in [3.8, 4) is 5.75 Å². The molecule has 0 atom stereocenters. The van der Waals surface area contributed by atoms with Gasteiger partial charge < -0.3 is 17.1 Å². The highest BCUT2D eigenvalue weighted by Gasteiger charge is 2.02. The highest BCUT2D eigenvalue weighted by atomic mass is 35.5. The van der Waals surface area contributed by atoms with Crippen molar-refractivity contribution in [2.24, 2.45) is 0 Å². The van der Waals surface area contributed by atoms with Crippen molar-refractivity contribution in [1.82, 2.24) is 0 Å². The third-order valence-electron chi connectivity index (χ3n) is 5.22. The number of benzene rings is 1. The molecule has 1 aromatic carbocycles. The largest absolute Gasteiger partial charge is 1.00 e. The van der Waals surface area contributed by atoms with Gasteiger partial charge >= 0.3 is 5.69 Å². The first kappa shape index (κ1) is 26.7.